The Morgan fingerprint density at radius 3 is 2.50 bits per heavy atom. The molecule has 22 heavy (non-hydrogen) atoms. The van der Waals surface area contributed by atoms with E-state index < -0.39 is 5.60 Å². The number of hydrogen-bond donors (Lipinski definition) is 0. The molecular formula is C19H19NO2. The van der Waals surface area contributed by atoms with Crippen molar-refractivity contribution in [1.29, 1.82) is 0 Å². The van der Waals surface area contributed by atoms with E-state index in [9.17, 15) is 4.79 Å². The molecule has 0 saturated heterocycles. The van der Waals surface area contributed by atoms with E-state index in [1.807, 2.05) is 25.1 Å². The molecule has 3 rings (SSSR count). The predicted octanol–water partition coefficient (Wildman–Crippen LogP) is 3.96. The van der Waals surface area contributed by atoms with Gasteiger partial charge in [0.1, 0.15) is 11.3 Å². The zero-order chi connectivity index (χ0) is 15.6. The van der Waals surface area contributed by atoms with Gasteiger partial charge in [-0.3, -0.25) is 4.79 Å². The Kier molecular flexibility index (Phi) is 3.80. The summed E-state index contributed by atoms with van der Waals surface area (Å²) in [7, 11) is 0. The Hall–Kier alpha value is -2.42. The van der Waals surface area contributed by atoms with Gasteiger partial charge < -0.3 is 4.84 Å². The van der Waals surface area contributed by atoms with Crippen LogP contribution in [0.25, 0.3) is 0 Å². The zero-order valence-electron chi connectivity index (χ0n) is 12.9. The van der Waals surface area contributed by atoms with E-state index in [0.717, 1.165) is 6.42 Å². The number of hydrogen-bond acceptors (Lipinski definition) is 3. The lowest BCUT2D eigenvalue weighted by atomic mass is 9.89. The molecule has 1 aliphatic rings. The van der Waals surface area contributed by atoms with Gasteiger partial charge in [-0.2, -0.15) is 0 Å². The Morgan fingerprint density at radius 2 is 1.82 bits per heavy atom. The van der Waals surface area contributed by atoms with Crippen LogP contribution >= 0.6 is 0 Å². The number of carbonyl (C=O) groups is 1. The second kappa shape index (κ2) is 5.76. The van der Waals surface area contributed by atoms with Crippen molar-refractivity contribution >= 4 is 11.5 Å². The Labute approximate surface area is 130 Å². The molecule has 3 heteroatoms. The number of nitrogens with zero attached hydrogens (tertiary/aromatic N) is 1. The molecule has 0 radical (unpaired) electrons. The van der Waals surface area contributed by atoms with Crippen molar-refractivity contribution in [3.05, 3.63) is 71.3 Å². The molecule has 3 nitrogen and oxygen atoms in total. The molecule has 0 amide bonds. The molecule has 0 bridgehead atoms. The summed E-state index contributed by atoms with van der Waals surface area (Å²) in [6, 6.07) is 17.6. The number of ketones is 1. The van der Waals surface area contributed by atoms with Crippen LogP contribution in [0.2, 0.25) is 0 Å². The van der Waals surface area contributed by atoms with Crippen molar-refractivity contribution in [3.63, 3.8) is 0 Å². The van der Waals surface area contributed by atoms with E-state index >= 15 is 0 Å². The maximum atomic E-state index is 12.4. The van der Waals surface area contributed by atoms with Crippen molar-refractivity contribution in [2.45, 2.75) is 32.3 Å². The minimum Gasteiger partial charge on any atom is -0.388 e. The fourth-order valence-electron chi connectivity index (χ4n) is 2.69. The Morgan fingerprint density at radius 1 is 1.14 bits per heavy atom. The van der Waals surface area contributed by atoms with Crippen LogP contribution < -0.4 is 0 Å². The van der Waals surface area contributed by atoms with Crippen molar-refractivity contribution in [1.82, 2.24) is 0 Å². The van der Waals surface area contributed by atoms with E-state index in [4.69, 9.17) is 4.84 Å². The summed E-state index contributed by atoms with van der Waals surface area (Å²) in [5.74, 6) is -0.0479. The molecule has 0 fully saturated rings. The SMILES string of the molecule is Cc1ccc(CC2(C)CC(C(=O)c3ccccc3)=NO2)cc1. The average molecular weight is 293 g/mol. The highest BCUT2D eigenvalue weighted by Crippen LogP contribution is 2.29. The first-order valence-electron chi connectivity index (χ1n) is 7.46. The van der Waals surface area contributed by atoms with Crippen molar-refractivity contribution in [3.8, 4) is 0 Å². The molecule has 0 N–H and O–H groups in total. The molecule has 1 atom stereocenters. The zero-order valence-corrected chi connectivity index (χ0v) is 12.9. The number of rotatable bonds is 4. The van der Waals surface area contributed by atoms with Crippen LogP contribution in [0, 0.1) is 6.92 Å². The van der Waals surface area contributed by atoms with Gasteiger partial charge in [-0.1, -0.05) is 65.3 Å². The van der Waals surface area contributed by atoms with Gasteiger partial charge in [0.05, 0.1) is 0 Å². The normalized spacial score (nSPS) is 20.4. The van der Waals surface area contributed by atoms with Gasteiger partial charge >= 0.3 is 0 Å². The van der Waals surface area contributed by atoms with Gasteiger partial charge in [0.25, 0.3) is 0 Å². The third kappa shape index (κ3) is 3.08. The topological polar surface area (TPSA) is 38.7 Å². The summed E-state index contributed by atoms with van der Waals surface area (Å²) in [5.41, 5.74) is 3.13. The van der Waals surface area contributed by atoms with Gasteiger partial charge in [-0.25, -0.2) is 0 Å². The van der Waals surface area contributed by atoms with Crippen LogP contribution in [0.3, 0.4) is 0 Å². The highest BCUT2D eigenvalue weighted by Gasteiger charge is 2.37. The number of aryl methyl sites for hydroxylation is 1. The number of carbonyl (C=O) groups excluding carboxylic acids is 1. The van der Waals surface area contributed by atoms with Crippen LogP contribution in [0.1, 0.15) is 34.8 Å². The van der Waals surface area contributed by atoms with Crippen LogP contribution in [-0.4, -0.2) is 17.1 Å². The molecule has 0 aromatic heterocycles. The molecule has 2 aromatic carbocycles. The first-order valence-corrected chi connectivity index (χ1v) is 7.46. The number of benzene rings is 2. The minimum absolute atomic E-state index is 0.0479. The monoisotopic (exact) mass is 293 g/mol. The Balaban J connectivity index is 1.70. The summed E-state index contributed by atoms with van der Waals surface area (Å²) in [4.78, 5) is 18.0. The molecule has 1 aliphatic heterocycles. The van der Waals surface area contributed by atoms with E-state index in [0.29, 0.717) is 17.7 Å². The lowest BCUT2D eigenvalue weighted by molar-refractivity contribution is -0.00282. The maximum Gasteiger partial charge on any atom is 0.210 e. The molecular weight excluding hydrogens is 274 g/mol. The van der Waals surface area contributed by atoms with Gasteiger partial charge in [0, 0.05) is 18.4 Å². The lowest BCUT2D eigenvalue weighted by Crippen LogP contribution is -2.29. The van der Waals surface area contributed by atoms with E-state index in [-0.39, 0.29) is 5.78 Å². The second-order valence-corrected chi connectivity index (χ2v) is 6.11. The fourth-order valence-corrected chi connectivity index (χ4v) is 2.69. The standard InChI is InChI=1S/C19H19NO2/c1-14-8-10-15(11-9-14)12-19(2)13-17(20-22-19)18(21)16-6-4-3-5-7-16/h3-11H,12-13H2,1-2H3. The highest BCUT2D eigenvalue weighted by atomic mass is 16.7. The summed E-state index contributed by atoms with van der Waals surface area (Å²) in [6.07, 6.45) is 1.27. The van der Waals surface area contributed by atoms with Crippen molar-refractivity contribution < 1.29 is 9.63 Å². The van der Waals surface area contributed by atoms with Crippen LogP contribution in [0.4, 0.5) is 0 Å². The third-order valence-corrected chi connectivity index (χ3v) is 3.91. The van der Waals surface area contributed by atoms with E-state index in [1.54, 1.807) is 12.1 Å². The quantitative estimate of drug-likeness (QED) is 0.800. The summed E-state index contributed by atoms with van der Waals surface area (Å²) < 4.78 is 0. The van der Waals surface area contributed by atoms with Crippen molar-refractivity contribution in [2.24, 2.45) is 5.16 Å². The second-order valence-electron chi connectivity index (χ2n) is 6.11. The van der Waals surface area contributed by atoms with Gasteiger partial charge in [0.15, 0.2) is 0 Å². The van der Waals surface area contributed by atoms with E-state index in [1.165, 1.54) is 11.1 Å². The highest BCUT2D eigenvalue weighted by molar-refractivity contribution is 6.46. The Bertz CT molecular complexity index is 704. The molecule has 1 heterocycles. The third-order valence-electron chi connectivity index (χ3n) is 3.91. The summed E-state index contributed by atoms with van der Waals surface area (Å²) in [6.45, 7) is 4.07. The first-order chi connectivity index (χ1) is 10.6. The molecule has 1 unspecified atom stereocenters. The minimum atomic E-state index is -0.449. The van der Waals surface area contributed by atoms with Crippen LogP contribution in [-0.2, 0) is 11.3 Å². The van der Waals surface area contributed by atoms with Gasteiger partial charge in [0.2, 0.25) is 5.78 Å². The number of Topliss-reactive ketones (excluding diaryl/α,β-unsaturated/α-hetero) is 1. The maximum absolute atomic E-state index is 12.4. The lowest BCUT2D eigenvalue weighted by Gasteiger charge is -2.21. The molecule has 0 aliphatic carbocycles. The van der Waals surface area contributed by atoms with Gasteiger partial charge in [-0.05, 0) is 19.4 Å². The molecule has 0 saturated carbocycles. The largest absolute Gasteiger partial charge is 0.388 e. The van der Waals surface area contributed by atoms with Crippen molar-refractivity contribution in [2.75, 3.05) is 0 Å². The fraction of sp³-hybridized carbons (Fsp3) is 0.263. The summed E-state index contributed by atoms with van der Waals surface area (Å²) >= 11 is 0. The van der Waals surface area contributed by atoms with E-state index in [2.05, 4.69) is 36.3 Å². The van der Waals surface area contributed by atoms with Crippen LogP contribution in [0.15, 0.2) is 59.8 Å². The molecule has 2 aromatic rings. The van der Waals surface area contributed by atoms with Gasteiger partial charge in [-0.15, -0.1) is 0 Å². The average Bonchev–Trinajstić information content (AvgIpc) is 2.92. The predicted molar refractivity (Wildman–Crippen MR) is 87.2 cm³/mol. The molecule has 0 spiro atoms. The summed E-state index contributed by atoms with van der Waals surface area (Å²) in [5, 5.41) is 4.05. The first kappa shape index (κ1) is 14.5. The number of oxime groups is 1. The smallest absolute Gasteiger partial charge is 0.210 e. The molecule has 112 valence electrons. The van der Waals surface area contributed by atoms with Crippen LogP contribution in [0.5, 0.6) is 0 Å².